The van der Waals surface area contributed by atoms with Gasteiger partial charge in [0.15, 0.2) is 0 Å². The molecule has 0 radical (unpaired) electrons. The first-order valence-corrected chi connectivity index (χ1v) is 8.73. The molecular weight excluding hydrogens is 314 g/mol. The Labute approximate surface area is 149 Å². The van der Waals surface area contributed by atoms with E-state index in [-0.39, 0.29) is 0 Å². The summed E-state index contributed by atoms with van der Waals surface area (Å²) in [5.41, 5.74) is 1.66. The highest BCUT2D eigenvalue weighted by Gasteiger charge is 2.36. The Bertz CT molecular complexity index is 680. The number of nitrogens with zero attached hydrogens (tertiary/aromatic N) is 3. The maximum absolute atomic E-state index is 11.0. The number of aliphatic hydroxyl groups is 1. The minimum Gasteiger partial charge on any atom is -0.481 e. The Kier molecular flexibility index (Phi) is 5.68. The van der Waals surface area contributed by atoms with Crippen LogP contribution >= 0.6 is 0 Å². The molecule has 1 unspecified atom stereocenters. The quantitative estimate of drug-likeness (QED) is 0.836. The molecule has 5 heteroatoms. The summed E-state index contributed by atoms with van der Waals surface area (Å²) < 4.78 is 5.32. The van der Waals surface area contributed by atoms with Gasteiger partial charge in [0.1, 0.15) is 0 Å². The molecule has 1 N–H and O–H groups in total. The SMILES string of the molecule is COc1ncccc1CN(C)CC1(O)CCN(Cc2ccccc2)C1. The van der Waals surface area contributed by atoms with Gasteiger partial charge in [-0.25, -0.2) is 4.98 Å². The van der Waals surface area contributed by atoms with E-state index in [0.29, 0.717) is 25.5 Å². The molecule has 1 saturated heterocycles. The summed E-state index contributed by atoms with van der Waals surface area (Å²) >= 11 is 0. The van der Waals surface area contributed by atoms with Crippen molar-refractivity contribution in [1.29, 1.82) is 0 Å². The van der Waals surface area contributed by atoms with Crippen LogP contribution in [0.25, 0.3) is 0 Å². The third kappa shape index (κ3) is 4.78. The fourth-order valence-electron chi connectivity index (χ4n) is 3.62. The monoisotopic (exact) mass is 341 g/mol. The normalized spacial score (nSPS) is 21.0. The van der Waals surface area contributed by atoms with E-state index in [1.165, 1.54) is 5.56 Å². The molecule has 2 heterocycles. The van der Waals surface area contributed by atoms with Gasteiger partial charge < -0.3 is 9.84 Å². The van der Waals surface area contributed by atoms with E-state index in [1.807, 2.05) is 25.2 Å². The molecule has 1 aromatic carbocycles. The van der Waals surface area contributed by atoms with E-state index in [0.717, 1.165) is 25.1 Å². The second kappa shape index (κ2) is 7.95. The van der Waals surface area contributed by atoms with Crippen LogP contribution in [0.5, 0.6) is 5.88 Å². The highest BCUT2D eigenvalue weighted by molar-refractivity contribution is 5.25. The van der Waals surface area contributed by atoms with E-state index in [9.17, 15) is 5.11 Å². The van der Waals surface area contributed by atoms with Gasteiger partial charge in [-0.05, 0) is 25.1 Å². The van der Waals surface area contributed by atoms with Crippen molar-refractivity contribution in [3.05, 3.63) is 59.8 Å². The van der Waals surface area contributed by atoms with Crippen molar-refractivity contribution in [2.75, 3.05) is 33.8 Å². The van der Waals surface area contributed by atoms with Crippen LogP contribution in [0.15, 0.2) is 48.7 Å². The molecule has 1 aromatic heterocycles. The Morgan fingerprint density at radius 3 is 2.80 bits per heavy atom. The topological polar surface area (TPSA) is 48.8 Å². The fourth-order valence-corrected chi connectivity index (χ4v) is 3.62. The maximum atomic E-state index is 11.0. The Morgan fingerprint density at radius 1 is 1.24 bits per heavy atom. The standard InChI is InChI=1S/C20H27N3O2/c1-22(14-18-9-6-11-21-19(18)25-2)15-20(24)10-12-23(16-20)13-17-7-4-3-5-8-17/h3-9,11,24H,10,12-16H2,1-2H3. The number of ether oxygens (including phenoxy) is 1. The summed E-state index contributed by atoms with van der Waals surface area (Å²) in [7, 11) is 3.67. The van der Waals surface area contributed by atoms with Crippen molar-refractivity contribution < 1.29 is 9.84 Å². The average molecular weight is 341 g/mol. The zero-order chi connectivity index (χ0) is 17.7. The highest BCUT2D eigenvalue weighted by atomic mass is 16.5. The van der Waals surface area contributed by atoms with Crippen molar-refractivity contribution in [3.8, 4) is 5.88 Å². The van der Waals surface area contributed by atoms with Gasteiger partial charge in [-0.3, -0.25) is 9.80 Å². The molecule has 3 rings (SSSR count). The average Bonchev–Trinajstić information content (AvgIpc) is 2.96. The molecule has 0 bridgehead atoms. The van der Waals surface area contributed by atoms with Crippen molar-refractivity contribution >= 4 is 0 Å². The Morgan fingerprint density at radius 2 is 2.04 bits per heavy atom. The first-order valence-electron chi connectivity index (χ1n) is 8.73. The number of rotatable bonds is 7. The lowest BCUT2D eigenvalue weighted by Crippen LogP contribution is -2.43. The van der Waals surface area contributed by atoms with E-state index in [2.05, 4.69) is 39.0 Å². The maximum Gasteiger partial charge on any atom is 0.217 e. The van der Waals surface area contributed by atoms with Crippen LogP contribution in [-0.2, 0) is 13.1 Å². The fraction of sp³-hybridized carbons (Fsp3) is 0.450. The van der Waals surface area contributed by atoms with E-state index < -0.39 is 5.60 Å². The van der Waals surface area contributed by atoms with Crippen molar-refractivity contribution in [1.82, 2.24) is 14.8 Å². The van der Waals surface area contributed by atoms with Crippen molar-refractivity contribution in [2.45, 2.75) is 25.1 Å². The number of methoxy groups -OCH3 is 1. The van der Waals surface area contributed by atoms with Gasteiger partial charge in [-0.2, -0.15) is 0 Å². The number of hydrogen-bond donors (Lipinski definition) is 1. The van der Waals surface area contributed by atoms with Crippen LogP contribution in [0.4, 0.5) is 0 Å². The molecule has 1 fully saturated rings. The molecule has 0 aliphatic carbocycles. The molecule has 0 saturated carbocycles. The van der Waals surface area contributed by atoms with E-state index >= 15 is 0 Å². The summed E-state index contributed by atoms with van der Waals surface area (Å²) in [6.45, 7) is 3.86. The number of aromatic nitrogens is 1. The van der Waals surface area contributed by atoms with Gasteiger partial charge in [0, 0.05) is 44.5 Å². The third-order valence-corrected chi connectivity index (χ3v) is 4.71. The molecule has 0 spiro atoms. The second-order valence-electron chi connectivity index (χ2n) is 7.01. The van der Waals surface area contributed by atoms with Crippen LogP contribution in [-0.4, -0.2) is 59.3 Å². The molecule has 5 nitrogen and oxygen atoms in total. The summed E-state index contributed by atoms with van der Waals surface area (Å²) in [5.74, 6) is 0.651. The summed E-state index contributed by atoms with van der Waals surface area (Å²) in [6.07, 6.45) is 2.53. The minimum absolute atomic E-state index is 0.635. The molecule has 1 atom stereocenters. The van der Waals surface area contributed by atoms with E-state index in [4.69, 9.17) is 4.74 Å². The first-order chi connectivity index (χ1) is 12.1. The number of benzene rings is 1. The van der Waals surface area contributed by atoms with Crippen LogP contribution in [0.1, 0.15) is 17.5 Å². The molecule has 1 aliphatic heterocycles. The predicted octanol–water partition coefficient (Wildman–Crippen LogP) is 2.16. The number of hydrogen-bond acceptors (Lipinski definition) is 5. The minimum atomic E-state index is -0.668. The van der Waals surface area contributed by atoms with Crippen LogP contribution in [0.3, 0.4) is 0 Å². The van der Waals surface area contributed by atoms with Gasteiger partial charge >= 0.3 is 0 Å². The number of pyridine rings is 1. The van der Waals surface area contributed by atoms with Gasteiger partial charge in [0.25, 0.3) is 0 Å². The zero-order valence-corrected chi connectivity index (χ0v) is 15.1. The molecule has 2 aromatic rings. The molecule has 134 valence electrons. The predicted molar refractivity (Wildman–Crippen MR) is 98.4 cm³/mol. The summed E-state index contributed by atoms with van der Waals surface area (Å²) in [5, 5.41) is 11.0. The molecule has 1 aliphatic rings. The lowest BCUT2D eigenvalue weighted by atomic mass is 10.0. The largest absolute Gasteiger partial charge is 0.481 e. The molecule has 0 amide bonds. The number of likely N-dealkylation sites (N-methyl/N-ethyl adjacent to an activating group) is 1. The Hall–Kier alpha value is -1.95. The van der Waals surface area contributed by atoms with E-state index in [1.54, 1.807) is 13.3 Å². The third-order valence-electron chi connectivity index (χ3n) is 4.71. The van der Waals surface area contributed by atoms with Crippen LogP contribution in [0.2, 0.25) is 0 Å². The Balaban J connectivity index is 1.55. The molecule has 25 heavy (non-hydrogen) atoms. The lowest BCUT2D eigenvalue weighted by molar-refractivity contribution is 0.0160. The smallest absolute Gasteiger partial charge is 0.217 e. The lowest BCUT2D eigenvalue weighted by Gasteiger charge is -2.29. The number of β-amino-alcohol motifs (C(OH)–C–C–N with tert-alkyl or cyclic N) is 1. The highest BCUT2D eigenvalue weighted by Crippen LogP contribution is 2.25. The molecular formula is C20H27N3O2. The second-order valence-corrected chi connectivity index (χ2v) is 7.01. The van der Waals surface area contributed by atoms with Gasteiger partial charge in [0.05, 0.1) is 12.7 Å². The van der Waals surface area contributed by atoms with Gasteiger partial charge in [-0.15, -0.1) is 0 Å². The first kappa shape index (κ1) is 17.9. The van der Waals surface area contributed by atoms with Crippen molar-refractivity contribution in [2.24, 2.45) is 0 Å². The van der Waals surface area contributed by atoms with Crippen LogP contribution in [0, 0.1) is 0 Å². The summed E-state index contributed by atoms with van der Waals surface area (Å²) in [6, 6.07) is 14.4. The van der Waals surface area contributed by atoms with Crippen molar-refractivity contribution in [3.63, 3.8) is 0 Å². The van der Waals surface area contributed by atoms with Gasteiger partial charge in [-0.1, -0.05) is 36.4 Å². The number of likely N-dealkylation sites (tertiary alicyclic amines) is 1. The van der Waals surface area contributed by atoms with Crippen LogP contribution < -0.4 is 4.74 Å². The zero-order valence-electron chi connectivity index (χ0n) is 15.1. The summed E-state index contributed by atoms with van der Waals surface area (Å²) in [4.78, 5) is 8.71. The van der Waals surface area contributed by atoms with Gasteiger partial charge in [0.2, 0.25) is 5.88 Å².